The van der Waals surface area contributed by atoms with Crippen LogP contribution in [-0.4, -0.2) is 61.0 Å². The Morgan fingerprint density at radius 3 is 2.54 bits per heavy atom. The highest BCUT2D eigenvalue weighted by molar-refractivity contribution is 6.31. The molecule has 3 heterocycles. The number of nitriles is 1. The molecule has 0 aromatic heterocycles. The lowest BCUT2D eigenvalue weighted by Crippen LogP contribution is -2.47. The fourth-order valence-electron chi connectivity index (χ4n) is 8.27. The van der Waals surface area contributed by atoms with Crippen LogP contribution >= 0.6 is 23.2 Å². The second kappa shape index (κ2) is 15.5. The molecule has 5 atom stereocenters. The zero-order valence-electron chi connectivity index (χ0n) is 30.0. The van der Waals surface area contributed by atoms with Gasteiger partial charge >= 0.3 is 0 Å². The number of carbonyl (C=O) groups is 1. The summed E-state index contributed by atoms with van der Waals surface area (Å²) in [6.45, 7) is 11.0. The summed E-state index contributed by atoms with van der Waals surface area (Å²) in [5, 5.41) is 17.8. The first-order valence-electron chi connectivity index (χ1n) is 17.9. The minimum atomic E-state index is -1.74. The van der Waals surface area contributed by atoms with Crippen molar-refractivity contribution in [2.75, 3.05) is 26.2 Å². The Bertz CT molecular complexity index is 1850. The number of benzene rings is 3. The Morgan fingerprint density at radius 2 is 1.88 bits per heavy atom. The summed E-state index contributed by atoms with van der Waals surface area (Å²) in [7, 11) is 0. The second-order valence-electron chi connectivity index (χ2n) is 15.2. The molecule has 0 unspecified atom stereocenters. The lowest BCUT2D eigenvalue weighted by Gasteiger charge is -2.40. The third-order valence-electron chi connectivity index (χ3n) is 10.9. The molecular weight excluding hydrogens is 705 g/mol. The van der Waals surface area contributed by atoms with Gasteiger partial charge < -0.3 is 20.1 Å². The van der Waals surface area contributed by atoms with Crippen molar-refractivity contribution in [3.8, 4) is 6.07 Å². The smallest absolute Gasteiger partial charge is 0.237 e. The predicted molar refractivity (Wildman–Crippen MR) is 199 cm³/mol. The molecule has 0 bridgehead atoms. The monoisotopic (exact) mass is 750 g/mol. The zero-order valence-corrected chi connectivity index (χ0v) is 31.5. The minimum absolute atomic E-state index is 0.0396. The van der Waals surface area contributed by atoms with Gasteiger partial charge in [0, 0.05) is 48.7 Å². The molecule has 6 rings (SSSR count). The molecular formula is C41H46Cl2F2N4O3. The normalized spacial score (nSPS) is 26.2. The van der Waals surface area contributed by atoms with Gasteiger partial charge in [-0.25, -0.2) is 8.78 Å². The Balaban J connectivity index is 1.35. The summed E-state index contributed by atoms with van der Waals surface area (Å²) in [6, 6.07) is 19.6. The predicted octanol–water partition coefficient (Wildman–Crippen LogP) is 8.06. The summed E-state index contributed by atoms with van der Waals surface area (Å²) in [6.07, 6.45) is 3.68. The lowest BCUT2D eigenvalue weighted by atomic mass is 9.61. The van der Waals surface area contributed by atoms with Crippen LogP contribution in [0, 0.1) is 28.4 Å². The van der Waals surface area contributed by atoms with Gasteiger partial charge in [0.05, 0.1) is 29.8 Å². The van der Waals surface area contributed by atoms with Crippen molar-refractivity contribution >= 4 is 29.1 Å². The van der Waals surface area contributed by atoms with Crippen molar-refractivity contribution in [1.29, 1.82) is 5.26 Å². The Labute approximate surface area is 315 Å². The van der Waals surface area contributed by atoms with Crippen LogP contribution in [0.2, 0.25) is 10.0 Å². The maximum Gasteiger partial charge on any atom is 0.237 e. The van der Waals surface area contributed by atoms with Gasteiger partial charge in [-0.15, -0.1) is 0 Å². The summed E-state index contributed by atoms with van der Waals surface area (Å²) in [4.78, 5) is 16.6. The van der Waals surface area contributed by atoms with E-state index in [0.29, 0.717) is 19.4 Å². The summed E-state index contributed by atoms with van der Waals surface area (Å²) in [5.41, 5.74) is 0.338. The SMILES string of the molecule is CC1(C)OC[C@H](CCNC(=O)[C@@H]2N[C@@H](CC(C)(C)C3=CCN(Cc4ccccc4)CC3)[C@](C#N)(c3ccc(Cl)cc3F)[C@H]2c2cccc(Cl)c2F)O1. The Kier molecular flexibility index (Phi) is 11.5. The van der Waals surface area contributed by atoms with E-state index in [2.05, 4.69) is 53.7 Å². The van der Waals surface area contributed by atoms with Gasteiger partial charge in [0.25, 0.3) is 0 Å². The quantitative estimate of drug-likeness (QED) is 0.193. The van der Waals surface area contributed by atoms with E-state index in [1.165, 1.54) is 35.4 Å². The van der Waals surface area contributed by atoms with Crippen molar-refractivity contribution in [1.82, 2.24) is 15.5 Å². The van der Waals surface area contributed by atoms with Crippen LogP contribution < -0.4 is 10.6 Å². The molecule has 0 saturated carbocycles. The Morgan fingerprint density at radius 1 is 1.12 bits per heavy atom. The van der Waals surface area contributed by atoms with Crippen molar-refractivity contribution < 1.29 is 23.0 Å². The fourth-order valence-corrected chi connectivity index (χ4v) is 8.61. The van der Waals surface area contributed by atoms with E-state index >= 15 is 8.78 Å². The van der Waals surface area contributed by atoms with Crippen molar-refractivity contribution in [2.24, 2.45) is 5.41 Å². The highest BCUT2D eigenvalue weighted by atomic mass is 35.5. The number of nitrogens with one attached hydrogen (secondary N) is 2. The third kappa shape index (κ3) is 7.94. The van der Waals surface area contributed by atoms with Gasteiger partial charge in [-0.2, -0.15) is 5.26 Å². The van der Waals surface area contributed by atoms with Gasteiger partial charge in [0.2, 0.25) is 5.91 Å². The largest absolute Gasteiger partial charge is 0.355 e. The molecule has 0 radical (unpaired) electrons. The molecule has 0 spiro atoms. The number of halogens is 4. The number of carbonyl (C=O) groups excluding carboxylic acids is 1. The first-order valence-corrected chi connectivity index (χ1v) is 18.6. The van der Waals surface area contributed by atoms with Gasteiger partial charge in [-0.05, 0) is 67.9 Å². The molecule has 3 aromatic carbocycles. The lowest BCUT2D eigenvalue weighted by molar-refractivity contribution is -0.138. The van der Waals surface area contributed by atoms with Gasteiger partial charge in [0.15, 0.2) is 5.79 Å². The summed E-state index contributed by atoms with van der Waals surface area (Å²) in [5.74, 6) is -3.76. The van der Waals surface area contributed by atoms with Crippen LogP contribution in [0.5, 0.6) is 0 Å². The maximum absolute atomic E-state index is 16.2. The Hall–Kier alpha value is -3.36. The number of hydrogen-bond acceptors (Lipinski definition) is 6. The average Bonchev–Trinajstić information content (AvgIpc) is 3.62. The first-order chi connectivity index (χ1) is 24.7. The number of nitrogens with zero attached hydrogens (tertiary/aromatic N) is 2. The highest BCUT2D eigenvalue weighted by Gasteiger charge is 2.61. The van der Waals surface area contributed by atoms with Crippen LogP contribution in [0.4, 0.5) is 8.78 Å². The van der Waals surface area contributed by atoms with Gasteiger partial charge in [0.1, 0.15) is 17.0 Å². The number of hydrogen-bond donors (Lipinski definition) is 2. The molecule has 0 aliphatic carbocycles. The molecule has 1 amide bonds. The fraction of sp³-hybridized carbons (Fsp3) is 0.463. The molecule has 7 nitrogen and oxygen atoms in total. The van der Waals surface area contributed by atoms with Crippen molar-refractivity contribution in [2.45, 2.75) is 88.8 Å². The molecule has 2 saturated heterocycles. The van der Waals surface area contributed by atoms with E-state index in [1.807, 2.05) is 32.0 Å². The van der Waals surface area contributed by atoms with Crippen LogP contribution in [0.25, 0.3) is 0 Å². The molecule has 3 aliphatic rings. The second-order valence-corrected chi connectivity index (χ2v) is 16.1. The van der Waals surface area contributed by atoms with E-state index in [9.17, 15) is 10.1 Å². The molecule has 2 N–H and O–H groups in total. The first kappa shape index (κ1) is 38.4. The van der Waals surface area contributed by atoms with E-state index in [4.69, 9.17) is 32.7 Å². The van der Waals surface area contributed by atoms with E-state index in [0.717, 1.165) is 32.1 Å². The number of amides is 1. The molecule has 276 valence electrons. The van der Waals surface area contributed by atoms with Crippen LogP contribution in [-0.2, 0) is 26.2 Å². The highest BCUT2D eigenvalue weighted by Crippen LogP contribution is 2.54. The molecule has 2 fully saturated rings. The minimum Gasteiger partial charge on any atom is -0.355 e. The van der Waals surface area contributed by atoms with Crippen LogP contribution in [0.3, 0.4) is 0 Å². The van der Waals surface area contributed by atoms with E-state index in [-0.39, 0.29) is 33.8 Å². The number of rotatable bonds is 11. The van der Waals surface area contributed by atoms with E-state index < -0.39 is 52.2 Å². The standard InChI is InChI=1S/C41H46Cl2F2N4O3/c1-39(2,27-16-19-49(20-17-27)23-26-9-6-5-7-10-26)22-34-41(25-46,31-14-13-28(42)21-33(31)44)35(30-11-8-12-32(43)36(30)45)37(48-34)38(50)47-18-15-29-24-51-40(3,4)52-29/h5-14,16,21,29,34-35,37,48H,15,17-20,22-24H2,1-4H3,(H,47,50)/t29-,34-,35-,37+,41-/m0/s1. The van der Waals surface area contributed by atoms with Crippen molar-refractivity contribution in [3.63, 3.8) is 0 Å². The zero-order chi connectivity index (χ0) is 37.3. The number of ether oxygens (including phenoxy) is 2. The summed E-state index contributed by atoms with van der Waals surface area (Å²) < 4.78 is 44.0. The van der Waals surface area contributed by atoms with Crippen molar-refractivity contribution in [3.05, 3.63) is 117 Å². The van der Waals surface area contributed by atoms with Crippen LogP contribution in [0.15, 0.2) is 78.4 Å². The van der Waals surface area contributed by atoms with E-state index in [1.54, 1.807) is 6.07 Å². The van der Waals surface area contributed by atoms with Gasteiger partial charge in [-0.1, -0.05) is 97.2 Å². The average molecular weight is 752 g/mol. The molecule has 3 aromatic rings. The summed E-state index contributed by atoms with van der Waals surface area (Å²) >= 11 is 12.5. The topological polar surface area (TPSA) is 86.6 Å². The van der Waals surface area contributed by atoms with Crippen LogP contribution in [0.1, 0.15) is 69.6 Å². The maximum atomic E-state index is 16.2. The van der Waals surface area contributed by atoms with Gasteiger partial charge in [-0.3, -0.25) is 9.69 Å². The molecule has 11 heteroatoms. The third-order valence-corrected chi connectivity index (χ3v) is 11.4. The molecule has 3 aliphatic heterocycles. The molecule has 52 heavy (non-hydrogen) atoms.